The van der Waals surface area contributed by atoms with Gasteiger partial charge >= 0.3 is 0 Å². The van der Waals surface area contributed by atoms with Gasteiger partial charge in [0.2, 0.25) is 5.95 Å². The standard InChI is InChI=1S/C29H36ClIN4/c1-7-35(27-20(4)12-18(2)13-21(27)5)29-32-22(6)24-10-8-9-11-34(28(24)33-29)17-25-19(3)14-23(16-31)15-26(25)30/h12-15H,7-11,16-17H2,1-6H3. The third kappa shape index (κ3) is 5.46. The lowest BCUT2D eigenvalue weighted by molar-refractivity contribution is 0.709. The van der Waals surface area contributed by atoms with Crippen LogP contribution in [-0.2, 0) is 17.4 Å². The molecule has 0 saturated heterocycles. The van der Waals surface area contributed by atoms with E-state index in [-0.39, 0.29) is 0 Å². The lowest BCUT2D eigenvalue weighted by Gasteiger charge is -2.30. The summed E-state index contributed by atoms with van der Waals surface area (Å²) in [7, 11) is 0. The van der Waals surface area contributed by atoms with Gasteiger partial charge in [-0.3, -0.25) is 0 Å². The molecule has 0 fully saturated rings. The molecule has 0 amide bonds. The number of anilines is 3. The second-order valence-electron chi connectivity index (χ2n) is 9.79. The maximum atomic E-state index is 6.79. The lowest BCUT2D eigenvalue weighted by Crippen LogP contribution is -2.28. The van der Waals surface area contributed by atoms with Crippen LogP contribution in [0.25, 0.3) is 0 Å². The number of aryl methyl sites for hydroxylation is 5. The number of aromatic nitrogens is 2. The van der Waals surface area contributed by atoms with E-state index >= 15 is 0 Å². The first-order chi connectivity index (χ1) is 16.7. The van der Waals surface area contributed by atoms with Crippen LogP contribution >= 0.6 is 34.2 Å². The molecule has 2 aromatic carbocycles. The summed E-state index contributed by atoms with van der Waals surface area (Å²) in [5, 5.41) is 0.856. The van der Waals surface area contributed by atoms with Crippen molar-refractivity contribution in [3.05, 3.63) is 73.9 Å². The van der Waals surface area contributed by atoms with Crippen molar-refractivity contribution in [3.8, 4) is 0 Å². The first kappa shape index (κ1) is 26.2. The van der Waals surface area contributed by atoms with Crippen LogP contribution in [0.3, 0.4) is 0 Å². The average Bonchev–Trinajstić information content (AvgIpc) is 3.00. The Bertz CT molecular complexity index is 1190. The third-order valence-corrected chi connectivity index (χ3v) is 8.25. The van der Waals surface area contributed by atoms with E-state index in [0.29, 0.717) is 0 Å². The van der Waals surface area contributed by atoms with Crippen molar-refractivity contribution >= 4 is 51.6 Å². The first-order valence-corrected chi connectivity index (χ1v) is 14.5. The van der Waals surface area contributed by atoms with E-state index in [1.54, 1.807) is 0 Å². The number of halogens is 2. The second-order valence-corrected chi connectivity index (χ2v) is 11.0. The van der Waals surface area contributed by atoms with Crippen LogP contribution in [0.4, 0.5) is 17.5 Å². The van der Waals surface area contributed by atoms with E-state index in [0.717, 1.165) is 65.8 Å². The smallest absolute Gasteiger partial charge is 0.232 e. The van der Waals surface area contributed by atoms with Crippen LogP contribution in [0.5, 0.6) is 0 Å². The Morgan fingerprint density at radius 3 is 2.31 bits per heavy atom. The van der Waals surface area contributed by atoms with Gasteiger partial charge in [-0.25, -0.2) is 4.98 Å². The number of alkyl halides is 1. The van der Waals surface area contributed by atoms with Gasteiger partial charge in [-0.2, -0.15) is 4.98 Å². The predicted molar refractivity (Wildman–Crippen MR) is 158 cm³/mol. The van der Waals surface area contributed by atoms with Gasteiger partial charge < -0.3 is 9.80 Å². The molecule has 0 saturated carbocycles. The van der Waals surface area contributed by atoms with Gasteiger partial charge in [-0.05, 0) is 94.7 Å². The van der Waals surface area contributed by atoms with Gasteiger partial charge in [0.25, 0.3) is 0 Å². The highest BCUT2D eigenvalue weighted by atomic mass is 127. The minimum atomic E-state index is 0.768. The minimum absolute atomic E-state index is 0.768. The predicted octanol–water partition coefficient (Wildman–Crippen LogP) is 8.11. The molecule has 1 aliphatic rings. The summed E-state index contributed by atoms with van der Waals surface area (Å²) >= 11 is 9.19. The molecule has 0 spiro atoms. The molecule has 3 aromatic rings. The van der Waals surface area contributed by atoms with E-state index < -0.39 is 0 Å². The van der Waals surface area contributed by atoms with Gasteiger partial charge in [0.15, 0.2) is 0 Å². The fourth-order valence-corrected chi connectivity index (χ4v) is 6.21. The Balaban J connectivity index is 1.80. The molecule has 4 nitrogen and oxygen atoms in total. The highest BCUT2D eigenvalue weighted by Crippen LogP contribution is 2.35. The van der Waals surface area contributed by atoms with Crippen LogP contribution in [0.15, 0.2) is 24.3 Å². The van der Waals surface area contributed by atoms with Crippen molar-refractivity contribution in [2.24, 2.45) is 0 Å². The highest BCUT2D eigenvalue weighted by Gasteiger charge is 2.25. The van der Waals surface area contributed by atoms with Gasteiger partial charge in [-0.15, -0.1) is 0 Å². The fraction of sp³-hybridized carbons (Fsp3) is 0.448. The van der Waals surface area contributed by atoms with Crippen molar-refractivity contribution in [3.63, 3.8) is 0 Å². The summed E-state index contributed by atoms with van der Waals surface area (Å²) in [5.74, 6) is 1.85. The summed E-state index contributed by atoms with van der Waals surface area (Å²) < 4.78 is 0.964. The van der Waals surface area contributed by atoms with Crippen molar-refractivity contribution in [1.29, 1.82) is 0 Å². The summed E-state index contributed by atoms with van der Waals surface area (Å²) in [6, 6.07) is 8.88. The zero-order chi connectivity index (χ0) is 25.3. The Labute approximate surface area is 229 Å². The molecule has 4 rings (SSSR count). The molecule has 6 heteroatoms. The molecule has 0 radical (unpaired) electrons. The summed E-state index contributed by atoms with van der Waals surface area (Å²) in [6.45, 7) is 15.6. The van der Waals surface area contributed by atoms with Crippen LogP contribution in [-0.4, -0.2) is 23.1 Å². The summed E-state index contributed by atoms with van der Waals surface area (Å²) in [6.07, 6.45) is 3.32. The van der Waals surface area contributed by atoms with E-state index in [9.17, 15) is 0 Å². The van der Waals surface area contributed by atoms with Gasteiger partial charge in [0.05, 0.1) is 0 Å². The minimum Gasteiger partial charge on any atom is -0.352 e. The van der Waals surface area contributed by atoms with E-state index in [2.05, 4.69) is 98.2 Å². The normalized spacial score (nSPS) is 13.5. The Morgan fingerprint density at radius 1 is 0.971 bits per heavy atom. The lowest BCUT2D eigenvalue weighted by atomic mass is 10.0. The van der Waals surface area contributed by atoms with Crippen LogP contribution in [0.1, 0.15) is 64.4 Å². The Kier molecular flexibility index (Phi) is 8.26. The maximum absolute atomic E-state index is 6.79. The molecule has 35 heavy (non-hydrogen) atoms. The molecule has 0 bridgehead atoms. The molecule has 0 N–H and O–H groups in total. The molecule has 0 unspecified atom stereocenters. The molecule has 2 heterocycles. The molecule has 1 aromatic heterocycles. The van der Waals surface area contributed by atoms with Crippen molar-refractivity contribution < 1.29 is 0 Å². The highest BCUT2D eigenvalue weighted by molar-refractivity contribution is 14.1. The number of benzene rings is 2. The second kappa shape index (κ2) is 11.0. The Morgan fingerprint density at radius 2 is 1.69 bits per heavy atom. The van der Waals surface area contributed by atoms with Crippen molar-refractivity contribution in [1.82, 2.24) is 9.97 Å². The van der Waals surface area contributed by atoms with Crippen LogP contribution in [0, 0.1) is 34.6 Å². The number of rotatable bonds is 6. The number of hydrogen-bond acceptors (Lipinski definition) is 4. The van der Waals surface area contributed by atoms with Crippen molar-refractivity contribution in [2.45, 2.75) is 71.8 Å². The number of fused-ring (bicyclic) bond motifs is 1. The van der Waals surface area contributed by atoms with Crippen LogP contribution < -0.4 is 9.80 Å². The van der Waals surface area contributed by atoms with E-state index in [1.165, 1.54) is 44.6 Å². The fourth-order valence-electron chi connectivity index (χ4n) is 5.42. The van der Waals surface area contributed by atoms with Crippen LogP contribution in [0.2, 0.25) is 5.02 Å². The zero-order valence-electron chi connectivity index (χ0n) is 21.8. The monoisotopic (exact) mass is 602 g/mol. The molecular formula is C29H36ClIN4. The molecule has 0 atom stereocenters. The van der Waals surface area contributed by atoms with Gasteiger partial charge in [0, 0.05) is 46.0 Å². The Hall–Kier alpha value is -1.86. The quantitative estimate of drug-likeness (QED) is 0.211. The summed E-state index contributed by atoms with van der Waals surface area (Å²) in [5.41, 5.74) is 11.1. The zero-order valence-corrected chi connectivity index (χ0v) is 24.7. The van der Waals surface area contributed by atoms with E-state index in [1.807, 2.05) is 0 Å². The molecular weight excluding hydrogens is 567 g/mol. The maximum Gasteiger partial charge on any atom is 0.232 e. The van der Waals surface area contributed by atoms with Gasteiger partial charge in [0.1, 0.15) is 5.82 Å². The molecule has 186 valence electrons. The average molecular weight is 603 g/mol. The van der Waals surface area contributed by atoms with Crippen molar-refractivity contribution in [2.75, 3.05) is 22.9 Å². The topological polar surface area (TPSA) is 32.3 Å². The van der Waals surface area contributed by atoms with E-state index in [4.69, 9.17) is 21.6 Å². The third-order valence-electron chi connectivity index (χ3n) is 7.03. The largest absolute Gasteiger partial charge is 0.352 e. The molecule has 0 aliphatic carbocycles. The first-order valence-electron chi connectivity index (χ1n) is 12.5. The SMILES string of the molecule is CCN(c1nc(C)c2c(n1)N(Cc1c(C)cc(CI)cc1Cl)CCCC2)c1c(C)cc(C)cc1C. The summed E-state index contributed by atoms with van der Waals surface area (Å²) in [4.78, 5) is 15.0. The number of nitrogens with zero attached hydrogens (tertiary/aromatic N) is 4. The number of hydrogen-bond donors (Lipinski definition) is 0. The van der Waals surface area contributed by atoms with Gasteiger partial charge in [-0.1, -0.05) is 58.0 Å². The molecule has 1 aliphatic heterocycles.